The lowest BCUT2D eigenvalue weighted by Crippen LogP contribution is -2.35. The second-order valence-corrected chi connectivity index (χ2v) is 8.93. The number of rotatable bonds is 4. The average molecular weight is 447 g/mol. The van der Waals surface area contributed by atoms with Crippen LogP contribution in [0.2, 0.25) is 0 Å². The number of fused-ring (bicyclic) bond motifs is 3. The van der Waals surface area contributed by atoms with Gasteiger partial charge >= 0.3 is 0 Å². The Kier molecular flexibility index (Phi) is 4.94. The first-order chi connectivity index (χ1) is 16.2. The Hall–Kier alpha value is -3.53. The zero-order chi connectivity index (χ0) is 22.4. The van der Waals surface area contributed by atoms with Gasteiger partial charge in [-0.2, -0.15) is 4.98 Å². The van der Waals surface area contributed by atoms with E-state index in [1.807, 2.05) is 12.1 Å². The molecule has 0 radical (unpaired) electrons. The minimum atomic E-state index is -0.187. The van der Waals surface area contributed by atoms with Crippen LogP contribution in [-0.2, 0) is 0 Å². The normalized spacial score (nSPS) is 17.9. The zero-order valence-corrected chi connectivity index (χ0v) is 18.3. The zero-order valence-electron chi connectivity index (χ0n) is 18.3. The number of nitrogens with zero attached hydrogens (tertiary/aromatic N) is 7. The quantitative estimate of drug-likeness (QED) is 0.492. The van der Waals surface area contributed by atoms with Gasteiger partial charge in [0.25, 0.3) is 5.56 Å². The molecule has 33 heavy (non-hydrogen) atoms. The maximum atomic E-state index is 13.2. The minimum Gasteiger partial charge on any atom is -0.393 e. The predicted octanol–water partition coefficient (Wildman–Crippen LogP) is 2.65. The number of anilines is 3. The van der Waals surface area contributed by atoms with Crippen LogP contribution in [0.1, 0.15) is 44.6 Å². The van der Waals surface area contributed by atoms with Gasteiger partial charge in [0.1, 0.15) is 11.8 Å². The van der Waals surface area contributed by atoms with E-state index in [0.29, 0.717) is 17.2 Å². The largest absolute Gasteiger partial charge is 0.393 e. The van der Waals surface area contributed by atoms with Crippen molar-refractivity contribution in [1.82, 2.24) is 29.1 Å². The van der Waals surface area contributed by atoms with Gasteiger partial charge in [0, 0.05) is 30.5 Å². The SMILES string of the molecule is O=c1c2nncn2c2cnc(Nc3ccc(N4CCC(O)CC4)cc3)nc2n1C1CCCC1. The molecule has 1 aromatic carbocycles. The van der Waals surface area contributed by atoms with Crippen molar-refractivity contribution < 1.29 is 5.11 Å². The van der Waals surface area contributed by atoms with Crippen LogP contribution >= 0.6 is 0 Å². The Balaban J connectivity index is 1.33. The molecule has 0 unspecified atom stereocenters. The molecule has 6 rings (SSSR count). The van der Waals surface area contributed by atoms with Crippen LogP contribution in [-0.4, -0.2) is 53.4 Å². The second kappa shape index (κ2) is 8.11. The van der Waals surface area contributed by atoms with E-state index in [-0.39, 0.29) is 17.7 Å². The lowest BCUT2D eigenvalue weighted by atomic mass is 10.1. The average Bonchev–Trinajstić information content (AvgIpc) is 3.53. The number of aliphatic hydroxyl groups excluding tert-OH is 1. The topological polar surface area (TPSA) is 113 Å². The molecule has 4 aromatic rings. The lowest BCUT2D eigenvalue weighted by Gasteiger charge is -2.31. The molecule has 1 aliphatic heterocycles. The van der Waals surface area contributed by atoms with E-state index in [0.717, 1.165) is 68.5 Å². The summed E-state index contributed by atoms with van der Waals surface area (Å²) in [6.07, 6.45) is 8.80. The third-order valence-electron chi connectivity index (χ3n) is 6.84. The lowest BCUT2D eigenvalue weighted by molar-refractivity contribution is 0.145. The van der Waals surface area contributed by atoms with Crippen molar-refractivity contribution in [3.05, 3.63) is 47.1 Å². The molecule has 1 saturated heterocycles. The smallest absolute Gasteiger partial charge is 0.298 e. The van der Waals surface area contributed by atoms with Crippen molar-refractivity contribution in [1.29, 1.82) is 0 Å². The third kappa shape index (κ3) is 3.60. The van der Waals surface area contributed by atoms with Crippen LogP contribution in [0.3, 0.4) is 0 Å². The number of piperidine rings is 1. The van der Waals surface area contributed by atoms with Crippen molar-refractivity contribution in [3.63, 3.8) is 0 Å². The summed E-state index contributed by atoms with van der Waals surface area (Å²) in [7, 11) is 0. The number of hydrogen-bond donors (Lipinski definition) is 2. The summed E-state index contributed by atoms with van der Waals surface area (Å²) >= 11 is 0. The molecule has 1 saturated carbocycles. The summed E-state index contributed by atoms with van der Waals surface area (Å²) in [6, 6.07) is 8.25. The first kappa shape index (κ1) is 20.1. The van der Waals surface area contributed by atoms with E-state index in [1.54, 1.807) is 15.2 Å². The van der Waals surface area contributed by atoms with Gasteiger partial charge in [0.15, 0.2) is 5.65 Å². The molecule has 2 N–H and O–H groups in total. The van der Waals surface area contributed by atoms with Crippen molar-refractivity contribution >= 4 is 34.1 Å². The molecule has 0 amide bonds. The van der Waals surface area contributed by atoms with Crippen LogP contribution in [0.5, 0.6) is 0 Å². The molecular formula is C23H26N8O2. The van der Waals surface area contributed by atoms with Crippen LogP contribution in [0, 0.1) is 0 Å². The van der Waals surface area contributed by atoms with E-state index >= 15 is 0 Å². The van der Waals surface area contributed by atoms with Gasteiger partial charge in [-0.05, 0) is 49.9 Å². The van der Waals surface area contributed by atoms with Crippen molar-refractivity contribution in [2.24, 2.45) is 0 Å². The molecule has 170 valence electrons. The third-order valence-corrected chi connectivity index (χ3v) is 6.84. The second-order valence-electron chi connectivity index (χ2n) is 8.93. The summed E-state index contributed by atoms with van der Waals surface area (Å²) in [5.41, 5.74) is 3.47. The molecule has 0 atom stereocenters. The maximum absolute atomic E-state index is 13.2. The summed E-state index contributed by atoms with van der Waals surface area (Å²) in [5, 5.41) is 21.0. The summed E-state index contributed by atoms with van der Waals surface area (Å²) in [5.74, 6) is 0.440. The Morgan fingerprint density at radius 2 is 1.76 bits per heavy atom. The Morgan fingerprint density at radius 1 is 1.00 bits per heavy atom. The monoisotopic (exact) mass is 446 g/mol. The number of aromatic nitrogens is 6. The van der Waals surface area contributed by atoms with E-state index in [9.17, 15) is 9.90 Å². The fourth-order valence-electron chi connectivity index (χ4n) is 5.04. The van der Waals surface area contributed by atoms with Crippen molar-refractivity contribution in [3.8, 4) is 0 Å². The van der Waals surface area contributed by atoms with Crippen LogP contribution in [0.4, 0.5) is 17.3 Å². The molecule has 2 fully saturated rings. The Morgan fingerprint density at radius 3 is 2.52 bits per heavy atom. The van der Waals surface area contributed by atoms with Gasteiger partial charge in [0.2, 0.25) is 11.6 Å². The number of aliphatic hydroxyl groups is 1. The highest BCUT2D eigenvalue weighted by atomic mass is 16.3. The molecule has 0 spiro atoms. The van der Waals surface area contributed by atoms with Crippen LogP contribution < -0.4 is 15.8 Å². The number of nitrogens with one attached hydrogen (secondary N) is 1. The van der Waals surface area contributed by atoms with Gasteiger partial charge in [-0.25, -0.2) is 4.98 Å². The van der Waals surface area contributed by atoms with E-state index < -0.39 is 0 Å². The van der Waals surface area contributed by atoms with Gasteiger partial charge in [0.05, 0.1) is 12.3 Å². The van der Waals surface area contributed by atoms with Gasteiger partial charge in [-0.1, -0.05) is 12.8 Å². The highest BCUT2D eigenvalue weighted by Gasteiger charge is 2.24. The van der Waals surface area contributed by atoms with Crippen LogP contribution in [0.15, 0.2) is 41.6 Å². The molecular weight excluding hydrogens is 420 g/mol. The molecule has 2 aliphatic rings. The first-order valence-corrected chi connectivity index (χ1v) is 11.6. The predicted molar refractivity (Wildman–Crippen MR) is 125 cm³/mol. The van der Waals surface area contributed by atoms with Crippen molar-refractivity contribution in [2.75, 3.05) is 23.3 Å². The van der Waals surface area contributed by atoms with Crippen molar-refractivity contribution in [2.45, 2.75) is 50.7 Å². The maximum Gasteiger partial charge on any atom is 0.298 e. The standard InChI is InChI=1S/C23H26N8O2/c32-18-9-11-29(12-10-18)16-7-5-15(6-8-16)26-23-24-13-19-20(27-23)31(17-3-1-2-4-17)22(33)21-28-25-14-30(19)21/h5-8,13-14,17-18,32H,1-4,9-12H2,(H,24,26,27). The van der Waals surface area contributed by atoms with Gasteiger partial charge < -0.3 is 15.3 Å². The van der Waals surface area contributed by atoms with Crippen LogP contribution in [0.25, 0.3) is 16.8 Å². The Labute approximate surface area is 189 Å². The fraction of sp³-hybridized carbons (Fsp3) is 0.435. The molecule has 3 aromatic heterocycles. The molecule has 4 heterocycles. The van der Waals surface area contributed by atoms with E-state index in [1.165, 1.54) is 6.33 Å². The number of benzene rings is 1. The molecule has 1 aliphatic carbocycles. The first-order valence-electron chi connectivity index (χ1n) is 11.6. The van der Waals surface area contributed by atoms with Gasteiger partial charge in [-0.15, -0.1) is 10.2 Å². The fourth-order valence-corrected chi connectivity index (χ4v) is 5.04. The summed E-state index contributed by atoms with van der Waals surface area (Å²) in [6.45, 7) is 1.72. The van der Waals surface area contributed by atoms with E-state index in [2.05, 4.69) is 37.5 Å². The highest BCUT2D eigenvalue weighted by molar-refractivity contribution is 5.75. The minimum absolute atomic E-state index is 0.117. The summed E-state index contributed by atoms with van der Waals surface area (Å²) in [4.78, 5) is 24.7. The Bertz CT molecular complexity index is 1350. The molecule has 0 bridgehead atoms. The molecule has 10 nitrogen and oxygen atoms in total. The molecule has 10 heteroatoms. The summed E-state index contributed by atoms with van der Waals surface area (Å²) < 4.78 is 3.45. The van der Waals surface area contributed by atoms with Gasteiger partial charge in [-0.3, -0.25) is 13.8 Å². The number of hydrogen-bond acceptors (Lipinski definition) is 8. The highest BCUT2D eigenvalue weighted by Crippen LogP contribution is 2.31. The van der Waals surface area contributed by atoms with E-state index in [4.69, 9.17) is 4.98 Å².